The molecule has 1 saturated carbocycles. The van der Waals surface area contributed by atoms with E-state index in [1.54, 1.807) is 5.38 Å². The smallest absolute Gasteiger partial charge is 0.250 e. The van der Waals surface area contributed by atoms with Crippen LogP contribution in [0.25, 0.3) is 0 Å². The third-order valence-electron chi connectivity index (χ3n) is 3.59. The van der Waals surface area contributed by atoms with Gasteiger partial charge in [0.25, 0.3) is 0 Å². The van der Waals surface area contributed by atoms with Gasteiger partial charge in [-0.15, -0.1) is 11.3 Å². The van der Waals surface area contributed by atoms with E-state index >= 15 is 0 Å². The Hall–Kier alpha value is -0.590. The Balaban J connectivity index is 2.04. The number of sulfonamides is 1. The van der Waals surface area contributed by atoms with Gasteiger partial charge < -0.3 is 5.73 Å². The molecule has 6 heteroatoms. The highest BCUT2D eigenvalue weighted by Gasteiger charge is 2.45. The summed E-state index contributed by atoms with van der Waals surface area (Å²) in [6.07, 6.45) is 2.22. The second-order valence-corrected chi connectivity index (χ2v) is 7.95. The number of rotatable bonds is 5. The molecule has 1 aliphatic rings. The molecular weight excluding hydrogens is 256 g/mol. The fraction of sp³-hybridized carbons (Fsp3) is 0.636. The first-order valence-corrected chi connectivity index (χ1v) is 8.06. The van der Waals surface area contributed by atoms with Gasteiger partial charge in [-0.2, -0.15) is 0 Å². The molecule has 1 heterocycles. The SMILES string of the molecule is CC(C)C1(CNS(=O)(=O)c2cc(N)cs2)CC1. The second-order valence-electron chi connectivity index (χ2n) is 5.04. The van der Waals surface area contributed by atoms with Crippen molar-refractivity contribution < 1.29 is 8.42 Å². The van der Waals surface area contributed by atoms with Crippen LogP contribution in [-0.2, 0) is 10.0 Å². The molecular formula is C11H18N2O2S2. The topological polar surface area (TPSA) is 72.2 Å². The molecule has 0 saturated heterocycles. The van der Waals surface area contributed by atoms with E-state index in [2.05, 4.69) is 18.6 Å². The predicted octanol–water partition coefficient (Wildman–Crippen LogP) is 2.04. The Morgan fingerprint density at radius 1 is 1.53 bits per heavy atom. The largest absolute Gasteiger partial charge is 0.398 e. The summed E-state index contributed by atoms with van der Waals surface area (Å²) in [4.78, 5) is 0. The zero-order valence-corrected chi connectivity index (χ0v) is 11.7. The van der Waals surface area contributed by atoms with Gasteiger partial charge in [-0.3, -0.25) is 0 Å². The van der Waals surface area contributed by atoms with Gasteiger partial charge in [0.1, 0.15) is 4.21 Å². The summed E-state index contributed by atoms with van der Waals surface area (Å²) in [6, 6.07) is 1.50. The molecule has 0 aromatic carbocycles. The molecule has 0 aliphatic heterocycles. The van der Waals surface area contributed by atoms with Crippen LogP contribution in [0.5, 0.6) is 0 Å². The van der Waals surface area contributed by atoms with Crippen molar-refractivity contribution >= 4 is 27.0 Å². The first-order chi connectivity index (χ1) is 7.86. The van der Waals surface area contributed by atoms with Crippen LogP contribution in [0.2, 0.25) is 0 Å². The van der Waals surface area contributed by atoms with Gasteiger partial charge in [-0.25, -0.2) is 13.1 Å². The highest BCUT2D eigenvalue weighted by atomic mass is 32.2. The number of hydrogen-bond donors (Lipinski definition) is 2. The van der Waals surface area contributed by atoms with E-state index in [1.807, 2.05) is 0 Å². The van der Waals surface area contributed by atoms with Crippen LogP contribution >= 0.6 is 11.3 Å². The van der Waals surface area contributed by atoms with Crippen LogP contribution in [0, 0.1) is 11.3 Å². The van der Waals surface area contributed by atoms with E-state index in [1.165, 1.54) is 6.07 Å². The molecule has 1 fully saturated rings. The summed E-state index contributed by atoms with van der Waals surface area (Å²) < 4.78 is 27.0. The molecule has 0 spiro atoms. The molecule has 96 valence electrons. The van der Waals surface area contributed by atoms with Gasteiger partial charge in [-0.05, 0) is 30.2 Å². The van der Waals surface area contributed by atoms with Gasteiger partial charge in [0.2, 0.25) is 10.0 Å². The van der Waals surface area contributed by atoms with Gasteiger partial charge >= 0.3 is 0 Å². The molecule has 1 aromatic heterocycles. The lowest BCUT2D eigenvalue weighted by molar-refractivity contribution is 0.357. The zero-order chi connectivity index (χ0) is 12.7. The van der Waals surface area contributed by atoms with Crippen molar-refractivity contribution in [3.05, 3.63) is 11.4 Å². The third kappa shape index (κ3) is 2.64. The van der Waals surface area contributed by atoms with Crippen molar-refractivity contribution in [3.8, 4) is 0 Å². The Morgan fingerprint density at radius 2 is 2.18 bits per heavy atom. The van der Waals surface area contributed by atoms with Crippen molar-refractivity contribution in [2.45, 2.75) is 30.9 Å². The summed E-state index contributed by atoms with van der Waals surface area (Å²) in [5.74, 6) is 0.513. The van der Waals surface area contributed by atoms with Gasteiger partial charge in [0.05, 0.1) is 0 Å². The van der Waals surface area contributed by atoms with Gasteiger partial charge in [-0.1, -0.05) is 13.8 Å². The van der Waals surface area contributed by atoms with Crippen molar-refractivity contribution in [3.63, 3.8) is 0 Å². The molecule has 1 aromatic rings. The lowest BCUT2D eigenvalue weighted by Crippen LogP contribution is -2.32. The lowest BCUT2D eigenvalue weighted by Gasteiger charge is -2.19. The molecule has 3 N–H and O–H groups in total. The standard InChI is InChI=1S/C11H18N2O2S2/c1-8(2)11(3-4-11)7-13-17(14,15)10-5-9(12)6-16-10/h5-6,8,13H,3-4,7,12H2,1-2H3. The Kier molecular flexibility index (Phi) is 3.22. The predicted molar refractivity (Wildman–Crippen MR) is 70.4 cm³/mol. The third-order valence-corrected chi connectivity index (χ3v) is 6.45. The van der Waals surface area contributed by atoms with Gasteiger partial charge in [0, 0.05) is 17.6 Å². The minimum absolute atomic E-state index is 0.176. The highest BCUT2D eigenvalue weighted by molar-refractivity contribution is 7.91. The van der Waals surface area contributed by atoms with Crippen LogP contribution in [-0.4, -0.2) is 15.0 Å². The summed E-state index contributed by atoms with van der Waals surface area (Å²) in [6.45, 7) is 4.82. The Morgan fingerprint density at radius 3 is 2.59 bits per heavy atom. The quantitative estimate of drug-likeness (QED) is 0.863. The molecule has 0 atom stereocenters. The van der Waals surface area contributed by atoms with Crippen LogP contribution in [0.4, 0.5) is 5.69 Å². The van der Waals surface area contributed by atoms with E-state index in [0.717, 1.165) is 24.2 Å². The van der Waals surface area contributed by atoms with E-state index in [9.17, 15) is 8.42 Å². The van der Waals surface area contributed by atoms with Crippen molar-refractivity contribution in [2.24, 2.45) is 11.3 Å². The van der Waals surface area contributed by atoms with E-state index in [-0.39, 0.29) is 5.41 Å². The molecule has 1 aliphatic carbocycles. The monoisotopic (exact) mass is 274 g/mol. The maximum Gasteiger partial charge on any atom is 0.250 e. The lowest BCUT2D eigenvalue weighted by atomic mass is 9.93. The summed E-state index contributed by atoms with van der Waals surface area (Å²) in [5, 5.41) is 1.64. The minimum Gasteiger partial charge on any atom is -0.398 e. The summed E-state index contributed by atoms with van der Waals surface area (Å²) in [7, 11) is -3.38. The molecule has 0 amide bonds. The van der Waals surface area contributed by atoms with Crippen LogP contribution in [0.15, 0.2) is 15.7 Å². The molecule has 4 nitrogen and oxygen atoms in total. The Labute approximate surface area is 106 Å². The van der Waals surface area contributed by atoms with Crippen molar-refractivity contribution in [1.29, 1.82) is 0 Å². The van der Waals surface area contributed by atoms with Gasteiger partial charge in [0.15, 0.2) is 0 Å². The molecule has 0 radical (unpaired) electrons. The first-order valence-electron chi connectivity index (χ1n) is 5.69. The number of hydrogen-bond acceptors (Lipinski definition) is 4. The number of nitrogen functional groups attached to an aromatic ring is 1. The molecule has 17 heavy (non-hydrogen) atoms. The Bertz CT molecular complexity index is 501. The van der Waals surface area contributed by atoms with Crippen LogP contribution in [0.1, 0.15) is 26.7 Å². The normalized spacial score (nSPS) is 18.5. The summed E-state index contributed by atoms with van der Waals surface area (Å²) >= 11 is 1.16. The first kappa shape index (κ1) is 12.9. The number of nitrogens with two attached hydrogens (primary N) is 1. The molecule has 0 bridgehead atoms. The van der Waals surface area contributed by atoms with E-state index in [4.69, 9.17) is 5.73 Å². The van der Waals surface area contributed by atoms with E-state index < -0.39 is 10.0 Å². The molecule has 0 unspecified atom stereocenters. The second kappa shape index (κ2) is 4.26. The number of nitrogens with one attached hydrogen (secondary N) is 1. The average molecular weight is 274 g/mol. The minimum atomic E-state index is -3.38. The van der Waals surface area contributed by atoms with Crippen molar-refractivity contribution in [2.75, 3.05) is 12.3 Å². The fourth-order valence-electron chi connectivity index (χ4n) is 1.90. The fourth-order valence-corrected chi connectivity index (χ4v) is 4.16. The maximum atomic E-state index is 12.0. The summed E-state index contributed by atoms with van der Waals surface area (Å²) in [5.41, 5.74) is 6.21. The maximum absolute atomic E-state index is 12.0. The van der Waals surface area contributed by atoms with Crippen molar-refractivity contribution in [1.82, 2.24) is 4.72 Å². The van der Waals surface area contributed by atoms with Crippen LogP contribution in [0.3, 0.4) is 0 Å². The molecule has 2 rings (SSSR count). The zero-order valence-electron chi connectivity index (χ0n) is 10.1. The highest BCUT2D eigenvalue weighted by Crippen LogP contribution is 2.51. The number of thiophene rings is 1. The van der Waals surface area contributed by atoms with Crippen LogP contribution < -0.4 is 10.5 Å². The average Bonchev–Trinajstić information content (AvgIpc) is 2.92. The van der Waals surface area contributed by atoms with E-state index in [0.29, 0.717) is 22.4 Å². The number of anilines is 1.